The summed E-state index contributed by atoms with van der Waals surface area (Å²) in [5.74, 6) is 0.848. The molecule has 0 aromatic heterocycles. The Kier molecular flexibility index (Phi) is 5.98. The number of rotatable bonds is 7. The summed E-state index contributed by atoms with van der Waals surface area (Å²) < 4.78 is 5.68. The van der Waals surface area contributed by atoms with Crippen molar-refractivity contribution in [2.24, 2.45) is 0 Å². The summed E-state index contributed by atoms with van der Waals surface area (Å²) in [5.41, 5.74) is 3.19. The highest BCUT2D eigenvalue weighted by Gasteiger charge is 1.97. The van der Waals surface area contributed by atoms with E-state index in [2.05, 4.69) is 23.6 Å². The lowest BCUT2D eigenvalue weighted by Gasteiger charge is -2.09. The van der Waals surface area contributed by atoms with Crippen LogP contribution in [-0.2, 0) is 11.3 Å². The van der Waals surface area contributed by atoms with Gasteiger partial charge in [-0.25, -0.2) is 0 Å². The van der Waals surface area contributed by atoms with Gasteiger partial charge >= 0.3 is 0 Å². The maximum Gasteiger partial charge on any atom is 0.221 e. The van der Waals surface area contributed by atoms with Gasteiger partial charge in [0.05, 0.1) is 0 Å². The van der Waals surface area contributed by atoms with Crippen molar-refractivity contribution < 1.29 is 9.53 Å². The molecule has 2 N–H and O–H groups in total. The van der Waals surface area contributed by atoms with Gasteiger partial charge in [0.1, 0.15) is 12.4 Å². The van der Waals surface area contributed by atoms with Crippen molar-refractivity contribution in [1.29, 1.82) is 0 Å². The minimum atomic E-state index is -0.0563. The fourth-order valence-electron chi connectivity index (χ4n) is 2.09. The van der Waals surface area contributed by atoms with Crippen LogP contribution in [0.2, 0.25) is 0 Å². The van der Waals surface area contributed by atoms with E-state index in [4.69, 9.17) is 4.74 Å². The van der Waals surface area contributed by atoms with Crippen LogP contribution in [0, 0.1) is 6.92 Å². The van der Waals surface area contributed by atoms with Crippen molar-refractivity contribution in [3.63, 3.8) is 0 Å². The van der Waals surface area contributed by atoms with Crippen LogP contribution in [-0.4, -0.2) is 19.1 Å². The third-order valence-electron chi connectivity index (χ3n) is 3.14. The Labute approximate surface area is 131 Å². The maximum absolute atomic E-state index is 10.9. The SMILES string of the molecule is CC(=O)Nc1ccc(CNCCOc2cccc(C)c2)cc1. The number of carbonyl (C=O) groups excluding carboxylic acids is 1. The van der Waals surface area contributed by atoms with Gasteiger partial charge in [0.15, 0.2) is 0 Å². The Balaban J connectivity index is 1.67. The summed E-state index contributed by atoms with van der Waals surface area (Å²) in [6.07, 6.45) is 0. The molecular weight excluding hydrogens is 276 g/mol. The Bertz CT molecular complexity index is 609. The summed E-state index contributed by atoms with van der Waals surface area (Å²) in [6, 6.07) is 15.8. The maximum atomic E-state index is 10.9. The highest BCUT2D eigenvalue weighted by Crippen LogP contribution is 2.12. The molecule has 0 aliphatic heterocycles. The standard InChI is InChI=1S/C18H22N2O2/c1-14-4-3-5-18(12-14)22-11-10-19-13-16-6-8-17(9-7-16)20-15(2)21/h3-9,12,19H,10-11,13H2,1-2H3,(H,20,21). The molecule has 0 radical (unpaired) electrons. The molecule has 0 spiro atoms. The monoisotopic (exact) mass is 298 g/mol. The van der Waals surface area contributed by atoms with Gasteiger partial charge in [-0.05, 0) is 42.3 Å². The van der Waals surface area contributed by atoms with Crippen molar-refractivity contribution in [1.82, 2.24) is 5.32 Å². The van der Waals surface area contributed by atoms with E-state index in [0.29, 0.717) is 6.61 Å². The minimum absolute atomic E-state index is 0.0563. The molecule has 0 aliphatic rings. The highest BCUT2D eigenvalue weighted by molar-refractivity contribution is 5.88. The molecule has 0 bridgehead atoms. The first-order valence-electron chi connectivity index (χ1n) is 7.40. The second-order valence-corrected chi connectivity index (χ2v) is 5.22. The van der Waals surface area contributed by atoms with Crippen LogP contribution in [0.4, 0.5) is 5.69 Å². The van der Waals surface area contributed by atoms with Crippen molar-refractivity contribution in [3.05, 3.63) is 59.7 Å². The predicted molar refractivity (Wildman–Crippen MR) is 89.1 cm³/mol. The average molecular weight is 298 g/mol. The van der Waals surface area contributed by atoms with Gasteiger partial charge in [0, 0.05) is 25.7 Å². The van der Waals surface area contributed by atoms with Crippen LogP contribution >= 0.6 is 0 Å². The van der Waals surface area contributed by atoms with Crippen LogP contribution in [0.3, 0.4) is 0 Å². The van der Waals surface area contributed by atoms with E-state index in [1.54, 1.807) is 0 Å². The molecule has 2 aromatic rings. The molecule has 22 heavy (non-hydrogen) atoms. The molecule has 0 aliphatic carbocycles. The molecule has 2 aromatic carbocycles. The van der Waals surface area contributed by atoms with Gasteiger partial charge in [-0.2, -0.15) is 0 Å². The lowest BCUT2D eigenvalue weighted by molar-refractivity contribution is -0.114. The lowest BCUT2D eigenvalue weighted by atomic mass is 10.2. The fourth-order valence-corrected chi connectivity index (χ4v) is 2.09. The first-order valence-corrected chi connectivity index (χ1v) is 7.40. The van der Waals surface area contributed by atoms with Gasteiger partial charge in [-0.1, -0.05) is 24.3 Å². The highest BCUT2D eigenvalue weighted by atomic mass is 16.5. The number of anilines is 1. The smallest absolute Gasteiger partial charge is 0.221 e. The van der Waals surface area contributed by atoms with Gasteiger partial charge < -0.3 is 15.4 Å². The zero-order valence-corrected chi connectivity index (χ0v) is 13.1. The van der Waals surface area contributed by atoms with Gasteiger partial charge in [-0.15, -0.1) is 0 Å². The molecule has 0 atom stereocenters. The molecule has 0 saturated carbocycles. The topological polar surface area (TPSA) is 50.4 Å². The normalized spacial score (nSPS) is 10.3. The fraction of sp³-hybridized carbons (Fsp3) is 0.278. The lowest BCUT2D eigenvalue weighted by Crippen LogP contribution is -2.20. The largest absolute Gasteiger partial charge is 0.492 e. The number of hydrogen-bond acceptors (Lipinski definition) is 3. The summed E-state index contributed by atoms with van der Waals surface area (Å²) in [6.45, 7) is 5.74. The van der Waals surface area contributed by atoms with Gasteiger partial charge in [-0.3, -0.25) is 4.79 Å². The second kappa shape index (κ2) is 8.20. The van der Waals surface area contributed by atoms with E-state index >= 15 is 0 Å². The zero-order valence-electron chi connectivity index (χ0n) is 13.1. The second-order valence-electron chi connectivity index (χ2n) is 5.22. The van der Waals surface area contributed by atoms with E-state index in [1.807, 2.05) is 42.5 Å². The van der Waals surface area contributed by atoms with E-state index in [9.17, 15) is 4.79 Å². The van der Waals surface area contributed by atoms with Gasteiger partial charge in [0.2, 0.25) is 5.91 Å². The Morgan fingerprint density at radius 2 is 1.91 bits per heavy atom. The van der Waals surface area contributed by atoms with E-state index in [0.717, 1.165) is 24.5 Å². The number of carbonyl (C=O) groups is 1. The molecular formula is C18H22N2O2. The van der Waals surface area contributed by atoms with Crippen molar-refractivity contribution in [2.45, 2.75) is 20.4 Å². The molecule has 1 amide bonds. The molecule has 0 saturated heterocycles. The summed E-state index contributed by atoms with van der Waals surface area (Å²) in [5, 5.41) is 6.09. The molecule has 4 heteroatoms. The van der Waals surface area contributed by atoms with Gasteiger partial charge in [0.25, 0.3) is 0 Å². The van der Waals surface area contributed by atoms with E-state index in [-0.39, 0.29) is 5.91 Å². The predicted octanol–water partition coefficient (Wildman–Crippen LogP) is 3.12. The molecule has 0 unspecified atom stereocenters. The van der Waals surface area contributed by atoms with Crippen LogP contribution in [0.1, 0.15) is 18.1 Å². The number of ether oxygens (including phenoxy) is 1. The molecule has 4 nitrogen and oxygen atoms in total. The number of aryl methyl sites for hydroxylation is 1. The Hall–Kier alpha value is -2.33. The van der Waals surface area contributed by atoms with Crippen molar-refractivity contribution in [2.75, 3.05) is 18.5 Å². The third-order valence-corrected chi connectivity index (χ3v) is 3.14. The number of hydrogen-bond donors (Lipinski definition) is 2. The molecule has 2 rings (SSSR count). The van der Waals surface area contributed by atoms with Crippen LogP contribution in [0.5, 0.6) is 5.75 Å². The molecule has 0 heterocycles. The minimum Gasteiger partial charge on any atom is -0.492 e. The van der Waals surface area contributed by atoms with Crippen molar-refractivity contribution in [3.8, 4) is 5.75 Å². The Morgan fingerprint density at radius 3 is 2.59 bits per heavy atom. The molecule has 0 fully saturated rings. The van der Waals surface area contributed by atoms with Crippen molar-refractivity contribution >= 4 is 11.6 Å². The third kappa shape index (κ3) is 5.58. The average Bonchev–Trinajstić information content (AvgIpc) is 2.48. The van der Waals surface area contributed by atoms with Crippen LogP contribution < -0.4 is 15.4 Å². The number of benzene rings is 2. The quantitative estimate of drug-likeness (QED) is 0.772. The summed E-state index contributed by atoms with van der Waals surface area (Å²) >= 11 is 0. The van der Waals surface area contributed by atoms with Crippen LogP contribution in [0.15, 0.2) is 48.5 Å². The number of nitrogens with one attached hydrogen (secondary N) is 2. The molecule has 116 valence electrons. The first kappa shape index (κ1) is 16.0. The first-order chi connectivity index (χ1) is 10.6. The summed E-state index contributed by atoms with van der Waals surface area (Å²) in [4.78, 5) is 10.9. The summed E-state index contributed by atoms with van der Waals surface area (Å²) in [7, 11) is 0. The van der Waals surface area contributed by atoms with Crippen LogP contribution in [0.25, 0.3) is 0 Å². The van der Waals surface area contributed by atoms with E-state index < -0.39 is 0 Å². The van der Waals surface area contributed by atoms with E-state index in [1.165, 1.54) is 18.1 Å². The number of amides is 1. The Morgan fingerprint density at radius 1 is 1.14 bits per heavy atom. The zero-order chi connectivity index (χ0) is 15.8.